The van der Waals surface area contributed by atoms with Gasteiger partial charge in [0.25, 0.3) is 5.91 Å². The third-order valence-corrected chi connectivity index (χ3v) is 5.41. The Labute approximate surface area is 198 Å². The maximum atomic E-state index is 13.1. The van der Waals surface area contributed by atoms with Gasteiger partial charge in [0.05, 0.1) is 13.7 Å². The highest BCUT2D eigenvalue weighted by Gasteiger charge is 2.13. The van der Waals surface area contributed by atoms with Crippen molar-refractivity contribution >= 4 is 11.7 Å². The second-order valence-electron chi connectivity index (χ2n) is 8.06. The van der Waals surface area contributed by atoms with E-state index in [-0.39, 0.29) is 18.3 Å². The highest BCUT2D eigenvalue weighted by molar-refractivity contribution is 6.04. The number of rotatable bonds is 8. The zero-order valence-electron chi connectivity index (χ0n) is 19.3. The van der Waals surface area contributed by atoms with Gasteiger partial charge < -0.3 is 14.8 Å². The van der Waals surface area contributed by atoms with Gasteiger partial charge >= 0.3 is 0 Å². The Hall–Kier alpha value is -4.13. The topological polar surface area (TPSA) is 65.4 Å². The summed E-state index contributed by atoms with van der Waals surface area (Å²) in [5.74, 6) is 1.29. The lowest BCUT2D eigenvalue weighted by Crippen LogP contribution is -2.14. The molecule has 1 aromatic heterocycles. The Kier molecular flexibility index (Phi) is 6.92. The molecule has 4 aromatic rings. The van der Waals surface area contributed by atoms with Crippen molar-refractivity contribution in [3.8, 4) is 11.5 Å². The van der Waals surface area contributed by atoms with Crippen LogP contribution in [0.25, 0.3) is 0 Å². The summed E-state index contributed by atoms with van der Waals surface area (Å²) in [5.41, 5.74) is 4.28. The number of nitrogens with one attached hydrogen (secondary N) is 1. The quantitative estimate of drug-likeness (QED) is 0.376. The number of amides is 1. The number of methoxy groups -OCH3 is 1. The van der Waals surface area contributed by atoms with Gasteiger partial charge in [0.2, 0.25) is 0 Å². The van der Waals surface area contributed by atoms with Gasteiger partial charge in [-0.3, -0.25) is 9.48 Å². The van der Waals surface area contributed by atoms with Crippen LogP contribution >= 0.6 is 0 Å². The zero-order chi connectivity index (χ0) is 24.1. The first-order valence-electron chi connectivity index (χ1n) is 10.9. The van der Waals surface area contributed by atoms with Gasteiger partial charge in [-0.1, -0.05) is 24.3 Å². The molecule has 3 aromatic carbocycles. The minimum atomic E-state index is -0.289. The number of anilines is 1. The van der Waals surface area contributed by atoms with Crippen molar-refractivity contribution in [2.75, 3.05) is 12.4 Å². The molecule has 6 nitrogen and oxygen atoms in total. The summed E-state index contributed by atoms with van der Waals surface area (Å²) in [6.07, 6.45) is 1.76. The highest BCUT2D eigenvalue weighted by Crippen LogP contribution is 2.25. The number of aromatic nitrogens is 2. The number of carbonyl (C=O) groups is 1. The van der Waals surface area contributed by atoms with E-state index in [1.54, 1.807) is 54.4 Å². The molecule has 174 valence electrons. The number of benzene rings is 3. The van der Waals surface area contributed by atoms with Crippen LogP contribution in [-0.4, -0.2) is 22.8 Å². The molecule has 0 spiro atoms. The Bertz CT molecular complexity index is 1300. The van der Waals surface area contributed by atoms with Crippen LogP contribution in [0.1, 0.15) is 32.6 Å². The fraction of sp³-hybridized carbons (Fsp3) is 0.185. The third kappa shape index (κ3) is 5.61. The van der Waals surface area contributed by atoms with Gasteiger partial charge in [-0.2, -0.15) is 5.10 Å². The molecule has 0 fully saturated rings. The standard InChI is InChI=1S/C27H26FN3O3/c1-18-4-5-19(2)25(14-18)34-17-22-15-21(8-11-24(22)33-3)27(32)29-26-12-13-31(30-26)16-20-6-9-23(28)10-7-20/h4-15H,16-17H2,1-3H3,(H,29,30,32). The van der Waals surface area contributed by atoms with Crippen molar-refractivity contribution in [1.82, 2.24) is 9.78 Å². The van der Waals surface area contributed by atoms with E-state index in [2.05, 4.69) is 10.4 Å². The van der Waals surface area contributed by atoms with E-state index in [0.717, 1.165) is 28.0 Å². The highest BCUT2D eigenvalue weighted by atomic mass is 19.1. The molecule has 0 atom stereocenters. The molecule has 0 saturated carbocycles. The first-order valence-corrected chi connectivity index (χ1v) is 10.9. The molecule has 0 unspecified atom stereocenters. The van der Waals surface area contributed by atoms with E-state index in [1.807, 2.05) is 32.0 Å². The molecule has 0 saturated heterocycles. The number of hydrogen-bond acceptors (Lipinski definition) is 4. The van der Waals surface area contributed by atoms with Crippen LogP contribution in [0.15, 0.2) is 72.9 Å². The van der Waals surface area contributed by atoms with Crippen molar-refractivity contribution < 1.29 is 18.7 Å². The van der Waals surface area contributed by atoms with Crippen molar-refractivity contribution in [2.45, 2.75) is 27.0 Å². The molecule has 34 heavy (non-hydrogen) atoms. The van der Waals surface area contributed by atoms with Crippen LogP contribution in [0.5, 0.6) is 11.5 Å². The number of carbonyl (C=O) groups excluding carboxylic acids is 1. The molecule has 0 aliphatic heterocycles. The first kappa shape index (κ1) is 23.0. The summed E-state index contributed by atoms with van der Waals surface area (Å²) in [5, 5.41) is 7.20. The van der Waals surface area contributed by atoms with Crippen molar-refractivity contribution in [3.05, 3.63) is 107 Å². The number of halogens is 1. The Balaban J connectivity index is 1.44. The summed E-state index contributed by atoms with van der Waals surface area (Å²) in [4.78, 5) is 12.9. The van der Waals surface area contributed by atoms with Crippen LogP contribution in [0.2, 0.25) is 0 Å². The first-order chi connectivity index (χ1) is 16.4. The van der Waals surface area contributed by atoms with Gasteiger partial charge in [-0.05, 0) is 66.9 Å². The smallest absolute Gasteiger partial charge is 0.256 e. The van der Waals surface area contributed by atoms with Crippen molar-refractivity contribution in [2.24, 2.45) is 0 Å². The zero-order valence-corrected chi connectivity index (χ0v) is 19.3. The van der Waals surface area contributed by atoms with Gasteiger partial charge in [0.15, 0.2) is 5.82 Å². The summed E-state index contributed by atoms with van der Waals surface area (Å²) in [7, 11) is 1.59. The Morgan fingerprint density at radius 2 is 1.79 bits per heavy atom. The van der Waals surface area contributed by atoms with Crippen LogP contribution in [0, 0.1) is 19.7 Å². The summed E-state index contributed by atoms with van der Waals surface area (Å²) >= 11 is 0. The second kappa shape index (κ2) is 10.2. The van der Waals surface area contributed by atoms with Gasteiger partial charge in [-0.25, -0.2) is 4.39 Å². The average molecular weight is 460 g/mol. The van der Waals surface area contributed by atoms with E-state index in [4.69, 9.17) is 9.47 Å². The molecular weight excluding hydrogens is 433 g/mol. The summed E-state index contributed by atoms with van der Waals surface area (Å²) < 4.78 is 26.2. The largest absolute Gasteiger partial charge is 0.496 e. The molecule has 4 rings (SSSR count). The fourth-order valence-electron chi connectivity index (χ4n) is 3.53. The molecule has 0 bridgehead atoms. The van der Waals surface area contributed by atoms with Crippen LogP contribution < -0.4 is 14.8 Å². The minimum Gasteiger partial charge on any atom is -0.496 e. The second-order valence-corrected chi connectivity index (χ2v) is 8.06. The van der Waals surface area contributed by atoms with Crippen LogP contribution in [0.4, 0.5) is 10.2 Å². The molecule has 1 heterocycles. The van der Waals surface area contributed by atoms with E-state index in [0.29, 0.717) is 23.7 Å². The summed E-state index contributed by atoms with van der Waals surface area (Å²) in [6, 6.07) is 19.2. The molecule has 7 heteroatoms. The predicted molar refractivity (Wildman–Crippen MR) is 129 cm³/mol. The van der Waals surface area contributed by atoms with Crippen molar-refractivity contribution in [1.29, 1.82) is 0 Å². The van der Waals surface area contributed by atoms with E-state index < -0.39 is 0 Å². The average Bonchev–Trinajstić information content (AvgIpc) is 3.27. The lowest BCUT2D eigenvalue weighted by atomic mass is 10.1. The SMILES string of the molecule is COc1ccc(C(=O)Nc2ccn(Cc3ccc(F)cc3)n2)cc1COc1cc(C)ccc1C. The molecule has 0 aliphatic rings. The summed E-state index contributed by atoms with van der Waals surface area (Å²) in [6.45, 7) is 4.74. The minimum absolute atomic E-state index is 0.265. The van der Waals surface area contributed by atoms with Gasteiger partial charge in [0.1, 0.15) is 23.9 Å². The molecular formula is C27H26FN3O3. The third-order valence-electron chi connectivity index (χ3n) is 5.41. The van der Waals surface area contributed by atoms with Gasteiger partial charge in [0, 0.05) is 23.4 Å². The molecule has 0 aliphatic carbocycles. The lowest BCUT2D eigenvalue weighted by molar-refractivity contribution is 0.102. The molecule has 1 amide bonds. The lowest BCUT2D eigenvalue weighted by Gasteiger charge is -2.14. The van der Waals surface area contributed by atoms with Gasteiger partial charge in [-0.15, -0.1) is 0 Å². The fourth-order valence-corrected chi connectivity index (χ4v) is 3.53. The Morgan fingerprint density at radius 3 is 2.56 bits per heavy atom. The van der Waals surface area contributed by atoms with Crippen LogP contribution in [0.3, 0.4) is 0 Å². The monoisotopic (exact) mass is 459 g/mol. The number of hydrogen-bond donors (Lipinski definition) is 1. The van der Waals surface area contributed by atoms with Crippen molar-refractivity contribution in [3.63, 3.8) is 0 Å². The maximum absolute atomic E-state index is 13.1. The normalized spacial score (nSPS) is 10.7. The van der Waals surface area contributed by atoms with E-state index >= 15 is 0 Å². The van der Waals surface area contributed by atoms with Crippen LogP contribution in [-0.2, 0) is 13.2 Å². The van der Waals surface area contributed by atoms with E-state index in [9.17, 15) is 9.18 Å². The Morgan fingerprint density at radius 1 is 1.00 bits per heavy atom. The van der Waals surface area contributed by atoms with E-state index in [1.165, 1.54) is 12.1 Å². The number of nitrogens with zero attached hydrogens (tertiary/aromatic N) is 2. The number of aryl methyl sites for hydroxylation is 2. The molecule has 0 radical (unpaired) electrons. The predicted octanol–water partition coefficient (Wildman–Crippen LogP) is 5.53. The maximum Gasteiger partial charge on any atom is 0.256 e. The molecule has 1 N–H and O–H groups in total. The number of ether oxygens (including phenoxy) is 2.